The van der Waals surface area contributed by atoms with Gasteiger partial charge in [0, 0.05) is 32.1 Å². The molecule has 1 saturated heterocycles. The van der Waals surface area contributed by atoms with Crippen molar-refractivity contribution in [3.63, 3.8) is 0 Å². The molecule has 0 aliphatic carbocycles. The fourth-order valence-electron chi connectivity index (χ4n) is 4.83. The zero-order chi connectivity index (χ0) is 27.1. The Hall–Kier alpha value is -3.56. The van der Waals surface area contributed by atoms with E-state index < -0.39 is 29.7 Å². The predicted molar refractivity (Wildman–Crippen MR) is 138 cm³/mol. The highest BCUT2D eigenvalue weighted by Gasteiger charge is 2.37. The first-order chi connectivity index (χ1) is 18.3. The molecule has 2 amide bonds. The minimum Gasteiger partial charge on any atom is -0.467 e. The molecule has 1 aliphatic heterocycles. The average Bonchev–Trinajstić information content (AvgIpc) is 3.57. The Morgan fingerprint density at radius 1 is 1.13 bits per heavy atom. The van der Waals surface area contributed by atoms with Gasteiger partial charge in [-0.3, -0.25) is 9.59 Å². The van der Waals surface area contributed by atoms with Crippen molar-refractivity contribution in [1.29, 1.82) is 0 Å². The van der Waals surface area contributed by atoms with Gasteiger partial charge in [0.2, 0.25) is 11.8 Å². The summed E-state index contributed by atoms with van der Waals surface area (Å²) >= 11 is 0. The number of benzene rings is 2. The van der Waals surface area contributed by atoms with Crippen molar-refractivity contribution in [2.45, 2.75) is 51.4 Å². The number of hydrogen-bond acceptors (Lipinski definition) is 5. The summed E-state index contributed by atoms with van der Waals surface area (Å²) in [6, 6.07) is 13.8. The highest BCUT2D eigenvalue weighted by atomic mass is 19.1. The average molecular weight is 526 g/mol. The number of nitrogens with zero attached hydrogens (tertiary/aromatic N) is 1. The highest BCUT2D eigenvalue weighted by molar-refractivity contribution is 5.89. The predicted octanol–water partition coefficient (Wildman–Crippen LogP) is 3.35. The first-order valence-corrected chi connectivity index (χ1v) is 12.8. The van der Waals surface area contributed by atoms with Crippen LogP contribution in [0.3, 0.4) is 0 Å². The number of rotatable bonds is 12. The second kappa shape index (κ2) is 12.8. The van der Waals surface area contributed by atoms with Gasteiger partial charge >= 0.3 is 0 Å². The fraction of sp³-hybridized carbons (Fsp3) is 0.379. The molecule has 2 aromatic carbocycles. The van der Waals surface area contributed by atoms with E-state index in [9.17, 15) is 23.5 Å². The van der Waals surface area contributed by atoms with Crippen LogP contribution in [0.25, 0.3) is 0 Å². The summed E-state index contributed by atoms with van der Waals surface area (Å²) in [4.78, 5) is 27.0. The number of furan rings is 1. The number of carbonyl (C=O) groups is 2. The lowest BCUT2D eigenvalue weighted by Gasteiger charge is -2.36. The highest BCUT2D eigenvalue weighted by Crippen LogP contribution is 2.23. The third kappa shape index (κ3) is 7.26. The maximum absolute atomic E-state index is 14.0. The molecular formula is C29H33F2N3O4. The number of carbonyl (C=O) groups excluding carboxylic acids is 2. The van der Waals surface area contributed by atoms with E-state index in [4.69, 9.17) is 4.42 Å². The molecule has 0 bridgehead atoms. The van der Waals surface area contributed by atoms with Crippen molar-refractivity contribution in [2.75, 3.05) is 13.1 Å². The van der Waals surface area contributed by atoms with E-state index in [0.717, 1.165) is 18.1 Å². The van der Waals surface area contributed by atoms with Gasteiger partial charge < -0.3 is 25.1 Å². The van der Waals surface area contributed by atoms with Crippen molar-refractivity contribution >= 4 is 11.8 Å². The van der Waals surface area contributed by atoms with Crippen LogP contribution in [0.15, 0.2) is 65.3 Å². The minimum absolute atomic E-state index is 0.00336. The summed E-state index contributed by atoms with van der Waals surface area (Å²) in [5.41, 5.74) is 2.56. The van der Waals surface area contributed by atoms with Gasteiger partial charge in [-0.05, 0) is 53.8 Å². The Kier molecular flexibility index (Phi) is 9.25. The number of aliphatic hydroxyl groups is 1. The lowest BCUT2D eigenvalue weighted by molar-refractivity contribution is -0.141. The quantitative estimate of drug-likeness (QED) is 0.337. The van der Waals surface area contributed by atoms with E-state index in [1.54, 1.807) is 12.1 Å². The van der Waals surface area contributed by atoms with E-state index in [-0.39, 0.29) is 44.3 Å². The number of aliphatic hydroxyl groups excluding tert-OH is 1. The van der Waals surface area contributed by atoms with Crippen LogP contribution in [0.4, 0.5) is 8.78 Å². The Labute approximate surface area is 220 Å². The molecule has 7 nitrogen and oxygen atoms in total. The largest absolute Gasteiger partial charge is 0.467 e. The van der Waals surface area contributed by atoms with E-state index in [1.807, 2.05) is 18.2 Å². The molecule has 0 radical (unpaired) electrons. The SMILES string of the molecule is CCc1cccc(CNC[C@@H](O)[C@H](Cc2cc(F)cc(F)c2)N(Cc2ccco2)C(=O)C2CNC(=O)C2)c1. The molecule has 1 unspecified atom stereocenters. The van der Waals surface area contributed by atoms with Crippen molar-refractivity contribution in [2.24, 2.45) is 5.92 Å². The third-order valence-electron chi connectivity index (χ3n) is 6.81. The second-order valence-electron chi connectivity index (χ2n) is 9.67. The van der Waals surface area contributed by atoms with Crippen LogP contribution in [0.5, 0.6) is 0 Å². The third-order valence-corrected chi connectivity index (χ3v) is 6.81. The molecule has 0 spiro atoms. The van der Waals surface area contributed by atoms with Gasteiger partial charge in [0.15, 0.2) is 0 Å². The van der Waals surface area contributed by atoms with Gasteiger partial charge in [-0.2, -0.15) is 0 Å². The lowest BCUT2D eigenvalue weighted by Crippen LogP contribution is -2.52. The van der Waals surface area contributed by atoms with E-state index in [0.29, 0.717) is 17.9 Å². The summed E-state index contributed by atoms with van der Waals surface area (Å²) in [7, 11) is 0. The molecule has 9 heteroatoms. The first kappa shape index (κ1) is 27.5. The van der Waals surface area contributed by atoms with Crippen LogP contribution in [-0.2, 0) is 35.5 Å². The standard InChI is InChI=1S/C29H33F2N3O4/c1-2-19-5-3-6-20(9-19)15-32-17-27(35)26(12-21-10-23(30)14-24(31)11-21)34(18-25-7-4-8-38-25)29(37)22-13-28(36)33-16-22/h3-11,14,22,26-27,32,35H,2,12-13,15-18H2,1H3,(H,33,36)/t22?,26-,27+/m0/s1. The van der Waals surface area contributed by atoms with Crippen LogP contribution in [-0.4, -0.2) is 47.1 Å². The molecule has 2 heterocycles. The number of hydrogen-bond donors (Lipinski definition) is 3. The Morgan fingerprint density at radius 3 is 2.55 bits per heavy atom. The van der Waals surface area contributed by atoms with Crippen LogP contribution in [0.1, 0.15) is 35.8 Å². The van der Waals surface area contributed by atoms with Crippen molar-refractivity contribution < 1.29 is 27.9 Å². The molecule has 0 saturated carbocycles. The summed E-state index contributed by atoms with van der Waals surface area (Å²) in [5, 5.41) is 17.3. The maximum atomic E-state index is 14.0. The Morgan fingerprint density at radius 2 is 1.89 bits per heavy atom. The number of halogens is 2. The monoisotopic (exact) mass is 525 g/mol. The molecule has 3 aromatic rings. The molecule has 4 rings (SSSR count). The molecular weight excluding hydrogens is 492 g/mol. The smallest absolute Gasteiger partial charge is 0.228 e. The topological polar surface area (TPSA) is 94.8 Å². The van der Waals surface area contributed by atoms with Crippen LogP contribution < -0.4 is 10.6 Å². The molecule has 3 N–H and O–H groups in total. The normalized spacial score (nSPS) is 16.7. The lowest BCUT2D eigenvalue weighted by atomic mass is 9.96. The van der Waals surface area contributed by atoms with Crippen LogP contribution in [0.2, 0.25) is 0 Å². The molecule has 1 aromatic heterocycles. The molecule has 3 atom stereocenters. The zero-order valence-electron chi connectivity index (χ0n) is 21.3. The molecule has 1 aliphatic rings. The van der Waals surface area contributed by atoms with Crippen LogP contribution in [0, 0.1) is 17.6 Å². The zero-order valence-corrected chi connectivity index (χ0v) is 21.3. The van der Waals surface area contributed by atoms with E-state index in [2.05, 4.69) is 23.6 Å². The van der Waals surface area contributed by atoms with Gasteiger partial charge in [0.05, 0.1) is 30.9 Å². The van der Waals surface area contributed by atoms with Gasteiger partial charge in [-0.15, -0.1) is 0 Å². The maximum Gasteiger partial charge on any atom is 0.228 e. The summed E-state index contributed by atoms with van der Waals surface area (Å²) in [5.74, 6) is -2.16. The second-order valence-corrected chi connectivity index (χ2v) is 9.67. The summed E-state index contributed by atoms with van der Waals surface area (Å²) in [6.45, 7) is 2.93. The fourth-order valence-corrected chi connectivity index (χ4v) is 4.83. The minimum atomic E-state index is -1.08. The van der Waals surface area contributed by atoms with Crippen molar-refractivity contribution in [3.8, 4) is 0 Å². The molecule has 38 heavy (non-hydrogen) atoms. The van der Waals surface area contributed by atoms with E-state index in [1.165, 1.54) is 28.9 Å². The van der Waals surface area contributed by atoms with Gasteiger partial charge in [-0.1, -0.05) is 31.2 Å². The van der Waals surface area contributed by atoms with Gasteiger partial charge in [-0.25, -0.2) is 8.78 Å². The molecule has 202 valence electrons. The Bertz CT molecular complexity index is 1210. The Balaban J connectivity index is 1.58. The van der Waals surface area contributed by atoms with E-state index >= 15 is 0 Å². The molecule has 1 fully saturated rings. The van der Waals surface area contributed by atoms with Crippen LogP contribution >= 0.6 is 0 Å². The number of amides is 2. The summed E-state index contributed by atoms with van der Waals surface area (Å²) in [6.07, 6.45) is 1.35. The first-order valence-electron chi connectivity index (χ1n) is 12.8. The van der Waals surface area contributed by atoms with Gasteiger partial charge in [0.1, 0.15) is 17.4 Å². The van der Waals surface area contributed by atoms with Crippen molar-refractivity contribution in [3.05, 3.63) is 94.9 Å². The number of aryl methyl sites for hydroxylation is 1. The summed E-state index contributed by atoms with van der Waals surface area (Å²) < 4.78 is 33.5. The van der Waals surface area contributed by atoms with Gasteiger partial charge in [0.25, 0.3) is 0 Å². The number of nitrogens with one attached hydrogen (secondary N) is 2. The van der Waals surface area contributed by atoms with Crippen molar-refractivity contribution in [1.82, 2.24) is 15.5 Å².